The molecule has 0 fully saturated rings. The lowest BCUT2D eigenvalue weighted by molar-refractivity contribution is 0.319. The van der Waals surface area contributed by atoms with Gasteiger partial charge in [0.1, 0.15) is 0 Å². The van der Waals surface area contributed by atoms with Gasteiger partial charge >= 0.3 is 0 Å². The summed E-state index contributed by atoms with van der Waals surface area (Å²) in [4.78, 5) is 2.30. The van der Waals surface area contributed by atoms with Crippen LogP contribution in [0.5, 0.6) is 0 Å². The van der Waals surface area contributed by atoms with E-state index in [1.807, 2.05) is 17.9 Å². The molecular weight excluding hydrogens is 176 g/mol. The Morgan fingerprint density at radius 3 is 2.86 bits per heavy atom. The lowest BCUT2D eigenvalue weighted by atomic mass is 10.3. The van der Waals surface area contributed by atoms with E-state index < -0.39 is 0 Å². The van der Waals surface area contributed by atoms with Gasteiger partial charge in [-0.15, -0.1) is 0 Å². The van der Waals surface area contributed by atoms with Gasteiger partial charge in [0.05, 0.1) is 6.20 Å². The van der Waals surface area contributed by atoms with Crippen LogP contribution in [-0.2, 0) is 13.6 Å². The minimum Gasteiger partial charge on any atom is -0.330 e. The van der Waals surface area contributed by atoms with Crippen molar-refractivity contribution in [3.05, 3.63) is 18.0 Å². The summed E-state index contributed by atoms with van der Waals surface area (Å²) < 4.78 is 1.84. The summed E-state index contributed by atoms with van der Waals surface area (Å²) in [6.45, 7) is 2.87. The number of aromatic nitrogens is 2. The molecule has 0 saturated heterocycles. The molecule has 0 aliphatic rings. The van der Waals surface area contributed by atoms with Gasteiger partial charge < -0.3 is 10.6 Å². The van der Waals surface area contributed by atoms with Crippen molar-refractivity contribution in [1.29, 1.82) is 0 Å². The highest BCUT2D eigenvalue weighted by Gasteiger charge is 2.01. The molecule has 2 N–H and O–H groups in total. The summed E-state index contributed by atoms with van der Waals surface area (Å²) in [6.07, 6.45) is 6.25. The average Bonchev–Trinajstić information content (AvgIpc) is 2.52. The molecule has 1 rings (SSSR count). The van der Waals surface area contributed by atoms with Gasteiger partial charge in [0, 0.05) is 25.4 Å². The molecule has 0 bridgehead atoms. The second kappa shape index (κ2) is 5.78. The first kappa shape index (κ1) is 11.2. The topological polar surface area (TPSA) is 47.1 Å². The summed E-state index contributed by atoms with van der Waals surface area (Å²) >= 11 is 0. The number of rotatable bonds is 6. The zero-order valence-corrected chi connectivity index (χ0v) is 9.11. The molecule has 0 atom stereocenters. The van der Waals surface area contributed by atoms with Crippen LogP contribution in [0.1, 0.15) is 18.4 Å². The van der Waals surface area contributed by atoms with Crippen molar-refractivity contribution in [2.75, 3.05) is 20.1 Å². The standard InChI is InChI=1S/C10H20N4/c1-13(6-4-3-5-11)8-10-7-12-14(2)9-10/h7,9H,3-6,8,11H2,1-2H3. The number of hydrogen-bond donors (Lipinski definition) is 1. The van der Waals surface area contributed by atoms with Gasteiger partial charge in [-0.3, -0.25) is 4.68 Å². The quantitative estimate of drug-likeness (QED) is 0.677. The summed E-state index contributed by atoms with van der Waals surface area (Å²) in [5.74, 6) is 0. The Labute approximate surface area is 85.7 Å². The smallest absolute Gasteiger partial charge is 0.0534 e. The molecule has 4 heteroatoms. The van der Waals surface area contributed by atoms with Crippen LogP contribution in [0.4, 0.5) is 0 Å². The van der Waals surface area contributed by atoms with Crippen LogP contribution in [0.3, 0.4) is 0 Å². The van der Waals surface area contributed by atoms with Gasteiger partial charge in [-0.05, 0) is 33.0 Å². The Hall–Kier alpha value is -0.870. The van der Waals surface area contributed by atoms with E-state index in [-0.39, 0.29) is 0 Å². The van der Waals surface area contributed by atoms with E-state index in [2.05, 4.69) is 23.2 Å². The fourth-order valence-corrected chi connectivity index (χ4v) is 1.47. The third-order valence-electron chi connectivity index (χ3n) is 2.20. The number of aryl methyl sites for hydroxylation is 1. The summed E-state index contributed by atoms with van der Waals surface area (Å²) in [5.41, 5.74) is 6.71. The number of hydrogen-bond acceptors (Lipinski definition) is 3. The van der Waals surface area contributed by atoms with Gasteiger partial charge in [-0.1, -0.05) is 0 Å². The Morgan fingerprint density at radius 2 is 2.29 bits per heavy atom. The van der Waals surface area contributed by atoms with Gasteiger partial charge in [0.25, 0.3) is 0 Å². The van der Waals surface area contributed by atoms with Gasteiger partial charge in [-0.2, -0.15) is 5.10 Å². The summed E-state index contributed by atoms with van der Waals surface area (Å²) in [7, 11) is 4.07. The van der Waals surface area contributed by atoms with E-state index >= 15 is 0 Å². The van der Waals surface area contributed by atoms with Crippen molar-refractivity contribution in [2.24, 2.45) is 12.8 Å². The lowest BCUT2D eigenvalue weighted by Crippen LogP contribution is -2.19. The van der Waals surface area contributed by atoms with Crippen molar-refractivity contribution in [2.45, 2.75) is 19.4 Å². The SMILES string of the molecule is CN(CCCCN)Cc1cnn(C)c1. The van der Waals surface area contributed by atoms with Gasteiger partial charge in [0.15, 0.2) is 0 Å². The van der Waals surface area contributed by atoms with Crippen molar-refractivity contribution in [1.82, 2.24) is 14.7 Å². The average molecular weight is 196 g/mol. The van der Waals surface area contributed by atoms with Crippen molar-refractivity contribution in [3.63, 3.8) is 0 Å². The first-order chi connectivity index (χ1) is 6.72. The highest BCUT2D eigenvalue weighted by molar-refractivity contribution is 5.02. The maximum Gasteiger partial charge on any atom is 0.0534 e. The third-order valence-corrected chi connectivity index (χ3v) is 2.20. The second-order valence-electron chi connectivity index (χ2n) is 3.76. The molecule has 80 valence electrons. The van der Waals surface area contributed by atoms with E-state index in [9.17, 15) is 0 Å². The van der Waals surface area contributed by atoms with Crippen molar-refractivity contribution < 1.29 is 0 Å². The largest absolute Gasteiger partial charge is 0.330 e. The molecule has 0 aliphatic carbocycles. The van der Waals surface area contributed by atoms with Gasteiger partial charge in [-0.25, -0.2) is 0 Å². The normalized spacial score (nSPS) is 11.1. The zero-order valence-electron chi connectivity index (χ0n) is 9.11. The van der Waals surface area contributed by atoms with E-state index in [1.165, 1.54) is 12.0 Å². The lowest BCUT2D eigenvalue weighted by Gasteiger charge is -2.14. The third kappa shape index (κ3) is 3.89. The minimum atomic E-state index is 0.792. The van der Waals surface area contributed by atoms with Crippen LogP contribution in [-0.4, -0.2) is 34.8 Å². The predicted molar refractivity (Wildman–Crippen MR) is 57.8 cm³/mol. The van der Waals surface area contributed by atoms with Crippen LogP contribution in [0.2, 0.25) is 0 Å². The van der Waals surface area contributed by atoms with Gasteiger partial charge in [0.2, 0.25) is 0 Å². The minimum absolute atomic E-state index is 0.792. The van der Waals surface area contributed by atoms with Crippen molar-refractivity contribution >= 4 is 0 Å². The van der Waals surface area contributed by atoms with Crippen LogP contribution >= 0.6 is 0 Å². The number of nitrogens with zero attached hydrogens (tertiary/aromatic N) is 3. The van der Waals surface area contributed by atoms with Crippen LogP contribution in [0.15, 0.2) is 12.4 Å². The zero-order chi connectivity index (χ0) is 10.4. The first-order valence-electron chi connectivity index (χ1n) is 5.08. The molecule has 4 nitrogen and oxygen atoms in total. The van der Waals surface area contributed by atoms with Crippen LogP contribution in [0, 0.1) is 0 Å². The maximum absolute atomic E-state index is 5.44. The molecule has 1 aromatic heterocycles. The first-order valence-corrected chi connectivity index (χ1v) is 5.08. The molecule has 1 aromatic rings. The number of nitrogens with two attached hydrogens (primary N) is 1. The molecule has 0 saturated carbocycles. The Morgan fingerprint density at radius 1 is 1.50 bits per heavy atom. The summed E-state index contributed by atoms with van der Waals surface area (Å²) in [6, 6.07) is 0. The second-order valence-corrected chi connectivity index (χ2v) is 3.76. The number of unbranched alkanes of at least 4 members (excludes halogenated alkanes) is 1. The Bertz CT molecular complexity index is 256. The van der Waals surface area contributed by atoms with E-state index in [4.69, 9.17) is 5.73 Å². The highest BCUT2D eigenvalue weighted by atomic mass is 15.2. The monoisotopic (exact) mass is 196 g/mol. The molecule has 1 heterocycles. The molecule has 14 heavy (non-hydrogen) atoms. The molecule has 0 spiro atoms. The van der Waals surface area contributed by atoms with E-state index in [0.717, 1.165) is 26.1 Å². The Balaban J connectivity index is 2.23. The fraction of sp³-hybridized carbons (Fsp3) is 0.700. The highest BCUT2D eigenvalue weighted by Crippen LogP contribution is 2.02. The molecule has 0 aromatic carbocycles. The Kier molecular flexibility index (Phi) is 4.62. The van der Waals surface area contributed by atoms with E-state index in [1.54, 1.807) is 0 Å². The predicted octanol–water partition coefficient (Wildman–Crippen LogP) is 0.591. The molecule has 0 amide bonds. The fourth-order valence-electron chi connectivity index (χ4n) is 1.47. The molecule has 0 radical (unpaired) electrons. The summed E-state index contributed by atoms with van der Waals surface area (Å²) in [5, 5.41) is 4.14. The maximum atomic E-state index is 5.44. The molecule has 0 unspecified atom stereocenters. The van der Waals surface area contributed by atoms with Crippen molar-refractivity contribution in [3.8, 4) is 0 Å². The van der Waals surface area contributed by atoms with Crippen LogP contribution in [0.25, 0.3) is 0 Å². The van der Waals surface area contributed by atoms with E-state index in [0.29, 0.717) is 0 Å². The molecular formula is C10H20N4. The molecule has 0 aliphatic heterocycles. The van der Waals surface area contributed by atoms with Crippen LogP contribution < -0.4 is 5.73 Å².